The van der Waals surface area contributed by atoms with Crippen LogP contribution >= 0.6 is 0 Å². The number of carbonyl (C=O) groups is 1. The van der Waals surface area contributed by atoms with Gasteiger partial charge in [0.05, 0.1) is 11.5 Å². The maximum Gasteiger partial charge on any atom is 0.269 e. The lowest BCUT2D eigenvalue weighted by Crippen LogP contribution is -2.48. The van der Waals surface area contributed by atoms with Gasteiger partial charge in [-0.1, -0.05) is 6.92 Å². The summed E-state index contributed by atoms with van der Waals surface area (Å²) in [6.07, 6.45) is 0. The molecule has 114 valence electrons. The van der Waals surface area contributed by atoms with E-state index in [0.29, 0.717) is 24.2 Å². The fraction of sp³-hybridized carbons (Fsp3) is 0.500. The summed E-state index contributed by atoms with van der Waals surface area (Å²) >= 11 is 0. The molecular weight excluding hydrogens is 274 g/mol. The molecular formula is C14H19N3O4. The Morgan fingerprint density at radius 1 is 1.33 bits per heavy atom. The van der Waals surface area contributed by atoms with Crippen LogP contribution in [0.4, 0.5) is 5.69 Å². The predicted molar refractivity (Wildman–Crippen MR) is 77.0 cm³/mol. The molecule has 7 heteroatoms. The molecule has 21 heavy (non-hydrogen) atoms. The number of nitro benzene ring substituents is 1. The topological polar surface area (TPSA) is 86.9 Å². The highest BCUT2D eigenvalue weighted by Crippen LogP contribution is 2.20. The van der Waals surface area contributed by atoms with Crippen molar-refractivity contribution < 1.29 is 14.8 Å². The first kappa shape index (κ1) is 15.4. The van der Waals surface area contributed by atoms with Gasteiger partial charge in [0.25, 0.3) is 11.6 Å². The average Bonchev–Trinajstić information content (AvgIpc) is 2.53. The molecule has 1 amide bonds. The Kier molecular flexibility index (Phi) is 4.87. The van der Waals surface area contributed by atoms with Crippen molar-refractivity contribution in [1.82, 2.24) is 9.80 Å². The van der Waals surface area contributed by atoms with E-state index in [0.717, 1.165) is 19.6 Å². The highest BCUT2D eigenvalue weighted by molar-refractivity contribution is 5.96. The van der Waals surface area contributed by atoms with Gasteiger partial charge in [0.15, 0.2) is 0 Å². The Morgan fingerprint density at radius 3 is 2.52 bits per heavy atom. The number of aliphatic hydroxyl groups is 1. The SMILES string of the molecule is CCN1CCN(C(=O)c2ccc([N+](=O)[O-])cc2CO)CC1. The molecule has 1 aromatic carbocycles. The quantitative estimate of drug-likeness (QED) is 0.657. The second-order valence-electron chi connectivity index (χ2n) is 4.98. The number of hydrogen-bond donors (Lipinski definition) is 1. The van der Waals surface area contributed by atoms with Crippen molar-refractivity contribution in [3.8, 4) is 0 Å². The van der Waals surface area contributed by atoms with E-state index in [9.17, 15) is 20.0 Å². The van der Waals surface area contributed by atoms with Crippen LogP contribution in [0.5, 0.6) is 0 Å². The first-order valence-electron chi connectivity index (χ1n) is 6.96. The third kappa shape index (κ3) is 3.37. The minimum absolute atomic E-state index is 0.119. The molecule has 1 aliphatic heterocycles. The van der Waals surface area contributed by atoms with Gasteiger partial charge in [-0.2, -0.15) is 0 Å². The summed E-state index contributed by atoms with van der Waals surface area (Å²) in [5, 5.41) is 20.1. The van der Waals surface area contributed by atoms with E-state index in [1.165, 1.54) is 18.2 Å². The number of piperazine rings is 1. The fourth-order valence-electron chi connectivity index (χ4n) is 2.47. The molecule has 7 nitrogen and oxygen atoms in total. The fourth-order valence-corrected chi connectivity index (χ4v) is 2.47. The minimum atomic E-state index is -0.534. The lowest BCUT2D eigenvalue weighted by molar-refractivity contribution is -0.384. The number of rotatable bonds is 4. The van der Waals surface area contributed by atoms with Crippen molar-refractivity contribution in [3.05, 3.63) is 39.4 Å². The Balaban J connectivity index is 2.17. The van der Waals surface area contributed by atoms with Crippen molar-refractivity contribution >= 4 is 11.6 Å². The van der Waals surface area contributed by atoms with Gasteiger partial charge >= 0.3 is 0 Å². The van der Waals surface area contributed by atoms with Crippen LogP contribution in [-0.4, -0.2) is 58.5 Å². The lowest BCUT2D eigenvalue weighted by atomic mass is 10.1. The molecule has 1 aromatic rings. The molecule has 1 saturated heterocycles. The van der Waals surface area contributed by atoms with Gasteiger partial charge in [-0.05, 0) is 18.2 Å². The second-order valence-corrected chi connectivity index (χ2v) is 4.98. The summed E-state index contributed by atoms with van der Waals surface area (Å²) in [6.45, 7) is 5.56. The summed E-state index contributed by atoms with van der Waals surface area (Å²) in [4.78, 5) is 26.7. The van der Waals surface area contributed by atoms with E-state index in [1.807, 2.05) is 0 Å². The third-order valence-corrected chi connectivity index (χ3v) is 3.81. The molecule has 1 N–H and O–H groups in total. The zero-order chi connectivity index (χ0) is 15.4. The molecule has 0 bridgehead atoms. The molecule has 0 aromatic heterocycles. The number of amides is 1. The molecule has 1 aliphatic rings. The maximum absolute atomic E-state index is 12.5. The van der Waals surface area contributed by atoms with Crippen LogP contribution in [-0.2, 0) is 6.61 Å². The average molecular weight is 293 g/mol. The molecule has 1 heterocycles. The zero-order valence-electron chi connectivity index (χ0n) is 12.0. The lowest BCUT2D eigenvalue weighted by Gasteiger charge is -2.34. The van der Waals surface area contributed by atoms with Gasteiger partial charge in [-0.15, -0.1) is 0 Å². The van der Waals surface area contributed by atoms with Crippen molar-refractivity contribution in [1.29, 1.82) is 0 Å². The number of aliphatic hydroxyl groups excluding tert-OH is 1. The Morgan fingerprint density at radius 2 is 2.00 bits per heavy atom. The van der Waals surface area contributed by atoms with Gasteiger partial charge in [-0.3, -0.25) is 14.9 Å². The smallest absolute Gasteiger partial charge is 0.269 e. The first-order chi connectivity index (χ1) is 10.1. The molecule has 0 atom stereocenters. The largest absolute Gasteiger partial charge is 0.392 e. The Bertz CT molecular complexity index is 539. The molecule has 2 rings (SSSR count). The van der Waals surface area contributed by atoms with Crippen LogP contribution in [0.3, 0.4) is 0 Å². The molecule has 1 fully saturated rings. The number of hydrogen-bond acceptors (Lipinski definition) is 5. The summed E-state index contributed by atoms with van der Waals surface area (Å²) < 4.78 is 0. The summed E-state index contributed by atoms with van der Waals surface area (Å²) in [6, 6.07) is 3.99. The van der Waals surface area contributed by atoms with Crippen molar-refractivity contribution in [2.45, 2.75) is 13.5 Å². The Labute approximate surface area is 122 Å². The van der Waals surface area contributed by atoms with E-state index < -0.39 is 11.5 Å². The molecule has 0 radical (unpaired) electrons. The highest BCUT2D eigenvalue weighted by atomic mass is 16.6. The molecule has 0 spiro atoms. The summed E-state index contributed by atoms with van der Waals surface area (Å²) in [5.74, 6) is -0.176. The standard InChI is InChI=1S/C14H19N3O4/c1-2-15-5-7-16(8-6-15)14(19)13-4-3-12(17(20)21)9-11(13)10-18/h3-4,9,18H,2,5-8,10H2,1H3. The van der Waals surface area contributed by atoms with E-state index >= 15 is 0 Å². The van der Waals surface area contributed by atoms with Gasteiger partial charge in [0.2, 0.25) is 0 Å². The minimum Gasteiger partial charge on any atom is -0.392 e. The van der Waals surface area contributed by atoms with Gasteiger partial charge < -0.3 is 14.9 Å². The van der Waals surface area contributed by atoms with Gasteiger partial charge in [0, 0.05) is 43.9 Å². The van der Waals surface area contributed by atoms with E-state index in [-0.39, 0.29) is 11.6 Å². The van der Waals surface area contributed by atoms with E-state index in [4.69, 9.17) is 0 Å². The number of carbonyl (C=O) groups excluding carboxylic acids is 1. The van der Waals surface area contributed by atoms with Crippen LogP contribution < -0.4 is 0 Å². The van der Waals surface area contributed by atoms with Crippen LogP contribution in [0.2, 0.25) is 0 Å². The number of likely N-dealkylation sites (N-methyl/N-ethyl adjacent to an activating group) is 1. The highest BCUT2D eigenvalue weighted by Gasteiger charge is 2.24. The number of benzene rings is 1. The van der Waals surface area contributed by atoms with E-state index in [1.54, 1.807) is 4.90 Å². The third-order valence-electron chi connectivity index (χ3n) is 3.81. The van der Waals surface area contributed by atoms with Crippen LogP contribution in [0.25, 0.3) is 0 Å². The molecule has 0 saturated carbocycles. The van der Waals surface area contributed by atoms with Crippen LogP contribution in [0, 0.1) is 10.1 Å². The maximum atomic E-state index is 12.5. The summed E-state index contributed by atoms with van der Waals surface area (Å²) in [5.41, 5.74) is 0.520. The van der Waals surface area contributed by atoms with Crippen LogP contribution in [0.1, 0.15) is 22.8 Å². The monoisotopic (exact) mass is 293 g/mol. The predicted octanol–water partition coefficient (Wildman–Crippen LogP) is 0.865. The van der Waals surface area contributed by atoms with Crippen molar-refractivity contribution in [2.75, 3.05) is 32.7 Å². The van der Waals surface area contributed by atoms with E-state index in [2.05, 4.69) is 11.8 Å². The molecule has 0 unspecified atom stereocenters. The number of non-ortho nitro benzene ring substituents is 1. The van der Waals surface area contributed by atoms with Crippen molar-refractivity contribution in [3.63, 3.8) is 0 Å². The summed E-state index contributed by atoms with van der Waals surface area (Å²) in [7, 11) is 0. The normalized spacial score (nSPS) is 16.0. The second kappa shape index (κ2) is 6.64. The van der Waals surface area contributed by atoms with Gasteiger partial charge in [0.1, 0.15) is 0 Å². The number of nitro groups is 1. The Hall–Kier alpha value is -1.99. The molecule has 0 aliphatic carbocycles. The zero-order valence-corrected chi connectivity index (χ0v) is 12.0. The number of nitrogens with zero attached hydrogens (tertiary/aromatic N) is 3. The van der Waals surface area contributed by atoms with Gasteiger partial charge in [-0.25, -0.2) is 0 Å². The van der Waals surface area contributed by atoms with Crippen LogP contribution in [0.15, 0.2) is 18.2 Å². The first-order valence-corrected chi connectivity index (χ1v) is 6.96. The van der Waals surface area contributed by atoms with Crippen molar-refractivity contribution in [2.24, 2.45) is 0 Å².